The quantitative estimate of drug-likeness (QED) is 0.424. The highest BCUT2D eigenvalue weighted by molar-refractivity contribution is 5.95. The van der Waals surface area contributed by atoms with E-state index in [4.69, 9.17) is 10.00 Å². The third-order valence-electron chi connectivity index (χ3n) is 5.24. The van der Waals surface area contributed by atoms with Crippen molar-refractivity contribution in [3.05, 3.63) is 77.5 Å². The van der Waals surface area contributed by atoms with Crippen LogP contribution in [-0.4, -0.2) is 34.2 Å². The van der Waals surface area contributed by atoms with Gasteiger partial charge in [0.25, 0.3) is 5.91 Å². The first-order chi connectivity index (χ1) is 17.3. The van der Waals surface area contributed by atoms with Crippen LogP contribution >= 0.6 is 0 Å². The summed E-state index contributed by atoms with van der Waals surface area (Å²) in [7, 11) is 3.31. The summed E-state index contributed by atoms with van der Waals surface area (Å²) < 4.78 is 19.2. The van der Waals surface area contributed by atoms with Crippen LogP contribution in [0, 0.1) is 17.1 Å². The summed E-state index contributed by atoms with van der Waals surface area (Å²) in [5.41, 5.74) is 3.20. The molecule has 1 unspecified atom stereocenters. The number of methoxy groups -OCH3 is 1. The van der Waals surface area contributed by atoms with E-state index in [1.54, 1.807) is 51.6 Å². The number of carbonyl (C=O) groups is 2. The molecule has 2 aromatic heterocycles. The second-order valence-electron chi connectivity index (χ2n) is 7.58. The molecule has 3 aromatic rings. The van der Waals surface area contributed by atoms with Gasteiger partial charge in [0, 0.05) is 38.9 Å². The second-order valence-corrected chi connectivity index (χ2v) is 7.58. The minimum atomic E-state index is -0.289. The molecule has 0 fully saturated rings. The number of rotatable bonds is 9. The minimum absolute atomic E-state index is 0.0364. The Morgan fingerprint density at radius 3 is 2.67 bits per heavy atom. The number of aryl methyl sites for hydroxylation is 1. The molecule has 0 spiro atoms. The lowest BCUT2D eigenvalue weighted by molar-refractivity contribution is -0.105. The van der Waals surface area contributed by atoms with Gasteiger partial charge in [0.15, 0.2) is 0 Å². The van der Waals surface area contributed by atoms with Crippen LogP contribution in [0.15, 0.2) is 60.6 Å². The number of halogens is 1. The van der Waals surface area contributed by atoms with E-state index in [2.05, 4.69) is 20.7 Å². The number of nitrogens with one attached hydrogen (secondary N) is 2. The first kappa shape index (κ1) is 27.9. The number of nitriles is 1. The third-order valence-corrected chi connectivity index (χ3v) is 5.24. The molecule has 2 heterocycles. The van der Waals surface area contributed by atoms with Gasteiger partial charge >= 0.3 is 0 Å². The van der Waals surface area contributed by atoms with E-state index in [1.807, 2.05) is 19.1 Å². The Balaban J connectivity index is 0.000000346. The highest BCUT2D eigenvalue weighted by Crippen LogP contribution is 2.25. The number of carbonyl (C=O) groups excluding carboxylic acids is 2. The monoisotopic (exact) mass is 492 g/mol. The van der Waals surface area contributed by atoms with Gasteiger partial charge in [-0.25, -0.2) is 4.39 Å². The van der Waals surface area contributed by atoms with Crippen molar-refractivity contribution in [3.63, 3.8) is 0 Å². The summed E-state index contributed by atoms with van der Waals surface area (Å²) >= 11 is 0. The van der Waals surface area contributed by atoms with Gasteiger partial charge in [-0.3, -0.25) is 19.3 Å². The fourth-order valence-electron chi connectivity index (χ4n) is 3.12. The maximum atomic E-state index is 12.6. The topological polar surface area (TPSA) is 122 Å². The number of hydrogen-bond donors (Lipinski definition) is 2. The maximum Gasteiger partial charge on any atom is 0.256 e. The summed E-state index contributed by atoms with van der Waals surface area (Å²) in [6.45, 7) is 3.69. The number of pyridine rings is 1. The highest BCUT2D eigenvalue weighted by atomic mass is 19.1. The van der Waals surface area contributed by atoms with Crippen molar-refractivity contribution < 1.29 is 18.7 Å². The zero-order chi connectivity index (χ0) is 26.5. The second kappa shape index (κ2) is 14.1. The van der Waals surface area contributed by atoms with E-state index in [-0.39, 0.29) is 17.8 Å². The van der Waals surface area contributed by atoms with E-state index in [1.165, 1.54) is 23.0 Å². The third kappa shape index (κ3) is 7.85. The van der Waals surface area contributed by atoms with Crippen molar-refractivity contribution in [1.82, 2.24) is 20.1 Å². The maximum absolute atomic E-state index is 12.6. The number of allylic oxidation sites excluding steroid dienone is 2. The van der Waals surface area contributed by atoms with E-state index < -0.39 is 0 Å². The van der Waals surface area contributed by atoms with Gasteiger partial charge in [-0.05, 0) is 43.7 Å². The highest BCUT2D eigenvalue weighted by Gasteiger charge is 2.13. The molecule has 0 saturated heterocycles. The van der Waals surface area contributed by atoms with Crippen LogP contribution in [0.1, 0.15) is 48.7 Å². The van der Waals surface area contributed by atoms with Gasteiger partial charge in [-0.1, -0.05) is 18.2 Å². The number of aromatic nitrogens is 3. The average Bonchev–Trinajstić information content (AvgIpc) is 3.26. The molecule has 0 aliphatic heterocycles. The van der Waals surface area contributed by atoms with E-state index in [0.29, 0.717) is 47.6 Å². The van der Waals surface area contributed by atoms with Crippen LogP contribution in [0.3, 0.4) is 0 Å². The molecule has 2 amide bonds. The first-order valence-corrected chi connectivity index (χ1v) is 11.1. The molecule has 2 N–H and O–H groups in total. The number of benzene rings is 1. The Morgan fingerprint density at radius 2 is 2.08 bits per heavy atom. The summed E-state index contributed by atoms with van der Waals surface area (Å²) in [6.07, 6.45) is 6.18. The van der Waals surface area contributed by atoms with Gasteiger partial charge in [0.2, 0.25) is 6.41 Å². The molecule has 36 heavy (non-hydrogen) atoms. The average molecular weight is 493 g/mol. The van der Waals surface area contributed by atoms with Gasteiger partial charge < -0.3 is 15.4 Å². The molecule has 0 aliphatic carbocycles. The van der Waals surface area contributed by atoms with Crippen LogP contribution in [-0.2, 0) is 16.6 Å². The largest absolute Gasteiger partial charge is 0.377 e. The smallest absolute Gasteiger partial charge is 0.256 e. The number of amides is 2. The SMILES string of the molecule is C/C=C(\CCC#N)NC(=O)c1ccc(-c2cnn(C)c2NC=O)nc1.COC(C)c1cccc(F)c1. The van der Waals surface area contributed by atoms with Gasteiger partial charge in [0.05, 0.1) is 35.2 Å². The molecule has 1 aromatic carbocycles. The molecular formula is C26H29FN6O3. The number of nitrogens with zero attached hydrogens (tertiary/aromatic N) is 4. The molecule has 10 heteroatoms. The summed E-state index contributed by atoms with van der Waals surface area (Å²) in [6, 6.07) is 11.8. The molecule has 0 aliphatic rings. The lowest BCUT2D eigenvalue weighted by Gasteiger charge is -2.08. The number of hydrogen-bond acceptors (Lipinski definition) is 6. The zero-order valence-corrected chi connectivity index (χ0v) is 20.7. The molecule has 1 atom stereocenters. The zero-order valence-electron chi connectivity index (χ0n) is 20.7. The van der Waals surface area contributed by atoms with E-state index in [0.717, 1.165) is 5.56 Å². The number of anilines is 1. The molecule has 188 valence electrons. The Morgan fingerprint density at radius 1 is 1.31 bits per heavy atom. The summed E-state index contributed by atoms with van der Waals surface area (Å²) in [5.74, 6) is 0.0151. The van der Waals surface area contributed by atoms with Crippen molar-refractivity contribution in [1.29, 1.82) is 5.26 Å². The Hall–Kier alpha value is -4.36. The van der Waals surface area contributed by atoms with Crippen LogP contribution in [0.4, 0.5) is 10.2 Å². The molecule has 0 bridgehead atoms. The van der Waals surface area contributed by atoms with Crippen molar-refractivity contribution >= 4 is 18.1 Å². The van der Waals surface area contributed by atoms with E-state index in [9.17, 15) is 14.0 Å². The lowest BCUT2D eigenvalue weighted by Crippen LogP contribution is -2.22. The molecular weight excluding hydrogens is 463 g/mol. The fourth-order valence-corrected chi connectivity index (χ4v) is 3.12. The predicted octanol–water partition coefficient (Wildman–Crippen LogP) is 4.52. The normalized spacial score (nSPS) is 11.5. The van der Waals surface area contributed by atoms with Crippen molar-refractivity contribution in [2.24, 2.45) is 7.05 Å². The van der Waals surface area contributed by atoms with Gasteiger partial charge in [0.1, 0.15) is 11.6 Å². The predicted molar refractivity (Wildman–Crippen MR) is 134 cm³/mol. The van der Waals surface area contributed by atoms with Crippen LogP contribution < -0.4 is 10.6 Å². The van der Waals surface area contributed by atoms with Crippen LogP contribution in [0.2, 0.25) is 0 Å². The fraction of sp³-hybridized carbons (Fsp3) is 0.269. The summed E-state index contributed by atoms with van der Waals surface area (Å²) in [5, 5.41) is 18.1. The van der Waals surface area contributed by atoms with Crippen molar-refractivity contribution in [2.45, 2.75) is 32.8 Å². The van der Waals surface area contributed by atoms with Crippen LogP contribution in [0.5, 0.6) is 0 Å². The number of ether oxygens (including phenoxy) is 1. The van der Waals surface area contributed by atoms with Gasteiger partial charge in [-0.2, -0.15) is 10.4 Å². The Labute approximate surface area is 209 Å². The van der Waals surface area contributed by atoms with Crippen molar-refractivity contribution in [3.8, 4) is 17.3 Å². The molecule has 0 saturated carbocycles. The molecule has 9 nitrogen and oxygen atoms in total. The Kier molecular flexibility index (Phi) is 10.9. The van der Waals surface area contributed by atoms with E-state index >= 15 is 0 Å². The first-order valence-electron chi connectivity index (χ1n) is 11.1. The minimum Gasteiger partial charge on any atom is -0.377 e. The summed E-state index contributed by atoms with van der Waals surface area (Å²) in [4.78, 5) is 27.2. The molecule has 0 radical (unpaired) electrons. The van der Waals surface area contributed by atoms with Crippen LogP contribution in [0.25, 0.3) is 11.3 Å². The molecule has 3 rings (SSSR count). The van der Waals surface area contributed by atoms with Crippen molar-refractivity contribution in [2.75, 3.05) is 12.4 Å². The Bertz CT molecular complexity index is 1230. The lowest BCUT2D eigenvalue weighted by atomic mass is 10.1. The van der Waals surface area contributed by atoms with Gasteiger partial charge in [-0.15, -0.1) is 0 Å². The standard InChI is InChI=1S/C17H18N6O2.C9H11FO/c1-3-13(5-4-8-18)22-17(25)12-6-7-15(19-9-12)14-10-21-23(2)16(14)20-11-24;1-7(11-2)8-4-3-5-9(10)6-8/h3,6-7,9-11H,4-5H2,1-2H3,(H,20,24)(H,22,25);3-7H,1-2H3/b13-3+;.